The van der Waals surface area contributed by atoms with Crippen molar-refractivity contribution in [3.8, 4) is 0 Å². The smallest absolute Gasteiger partial charge is 0.330 e. The molecule has 7 heteroatoms. The third-order valence-electron chi connectivity index (χ3n) is 3.71. The van der Waals surface area contributed by atoms with Crippen LogP contribution in [-0.4, -0.2) is 35.5 Å². The van der Waals surface area contributed by atoms with E-state index in [4.69, 9.17) is 4.74 Å². The number of halogens is 1. The Morgan fingerprint density at radius 1 is 1.26 bits per heavy atom. The highest BCUT2D eigenvalue weighted by molar-refractivity contribution is 5.45. The van der Waals surface area contributed by atoms with Gasteiger partial charge in [-0.15, -0.1) is 0 Å². The largest absolute Gasteiger partial charge is 0.381 e. The van der Waals surface area contributed by atoms with Crippen LogP contribution in [0.3, 0.4) is 0 Å². The molecule has 0 amide bonds. The van der Waals surface area contributed by atoms with E-state index in [2.05, 4.69) is 10.3 Å². The molecule has 0 radical (unpaired) electrons. The Hall–Kier alpha value is -1.63. The third-order valence-corrected chi connectivity index (χ3v) is 3.71. The first kappa shape index (κ1) is 12.4. The number of fused-ring (bicyclic) bond motifs is 1. The van der Waals surface area contributed by atoms with Crippen LogP contribution in [0.5, 0.6) is 0 Å². The van der Waals surface area contributed by atoms with Crippen LogP contribution in [-0.2, 0) is 11.2 Å². The zero-order valence-electron chi connectivity index (χ0n) is 10.4. The number of hydrogen-bond donors (Lipinski definition) is 2. The summed E-state index contributed by atoms with van der Waals surface area (Å²) >= 11 is 0. The Morgan fingerprint density at radius 3 is 2.74 bits per heavy atom. The van der Waals surface area contributed by atoms with E-state index in [9.17, 15) is 14.0 Å². The fraction of sp³-hybridized carbons (Fsp3) is 0.667. The first-order valence-corrected chi connectivity index (χ1v) is 6.50. The molecule has 1 fully saturated rings. The van der Waals surface area contributed by atoms with Crippen LogP contribution in [0.4, 0.5) is 10.2 Å². The van der Waals surface area contributed by atoms with Crippen molar-refractivity contribution in [2.24, 2.45) is 0 Å². The van der Waals surface area contributed by atoms with Gasteiger partial charge >= 0.3 is 5.69 Å². The van der Waals surface area contributed by atoms with Crippen LogP contribution in [0.25, 0.3) is 0 Å². The number of H-pyrrole nitrogens is 1. The SMILES string of the molecule is O=c1[nH]c2c(c(=O)n1C1CCOCC1)CC(F)CN2. The van der Waals surface area contributed by atoms with Crippen LogP contribution in [0, 0.1) is 0 Å². The van der Waals surface area contributed by atoms with Crippen molar-refractivity contribution in [2.45, 2.75) is 31.5 Å². The van der Waals surface area contributed by atoms with Crippen molar-refractivity contribution in [1.29, 1.82) is 0 Å². The lowest BCUT2D eigenvalue weighted by Gasteiger charge is -2.26. The predicted molar refractivity (Wildman–Crippen MR) is 67.5 cm³/mol. The van der Waals surface area contributed by atoms with Crippen LogP contribution < -0.4 is 16.6 Å². The molecule has 1 saturated heterocycles. The Labute approximate surface area is 108 Å². The van der Waals surface area contributed by atoms with Gasteiger partial charge in [0.15, 0.2) is 0 Å². The average Bonchev–Trinajstić information content (AvgIpc) is 2.41. The van der Waals surface area contributed by atoms with Gasteiger partial charge in [-0.1, -0.05) is 0 Å². The summed E-state index contributed by atoms with van der Waals surface area (Å²) in [5.74, 6) is 0.368. The first-order chi connectivity index (χ1) is 9.16. The zero-order chi connectivity index (χ0) is 13.4. The summed E-state index contributed by atoms with van der Waals surface area (Å²) in [6, 6.07) is -0.157. The van der Waals surface area contributed by atoms with Crippen molar-refractivity contribution in [3.05, 3.63) is 26.4 Å². The fourth-order valence-corrected chi connectivity index (χ4v) is 2.71. The van der Waals surface area contributed by atoms with Crippen molar-refractivity contribution in [3.63, 3.8) is 0 Å². The van der Waals surface area contributed by atoms with Gasteiger partial charge in [0.05, 0.1) is 5.56 Å². The lowest BCUT2D eigenvalue weighted by Crippen LogP contribution is -2.44. The minimum absolute atomic E-state index is 0.0567. The van der Waals surface area contributed by atoms with E-state index in [1.807, 2.05) is 0 Å². The lowest BCUT2D eigenvalue weighted by atomic mass is 10.1. The first-order valence-electron chi connectivity index (χ1n) is 6.50. The summed E-state index contributed by atoms with van der Waals surface area (Å²) in [7, 11) is 0. The van der Waals surface area contributed by atoms with Crippen LogP contribution in [0.15, 0.2) is 9.59 Å². The predicted octanol–water partition coefficient (Wildman–Crippen LogP) is 0.194. The minimum Gasteiger partial charge on any atom is -0.381 e. The molecule has 0 spiro atoms. The Balaban J connectivity index is 2.07. The molecule has 0 aromatic carbocycles. The summed E-state index contributed by atoms with van der Waals surface area (Å²) in [6.45, 7) is 1.21. The molecular weight excluding hydrogens is 253 g/mol. The summed E-state index contributed by atoms with van der Waals surface area (Å²) < 4.78 is 19.8. The number of hydrogen-bond acceptors (Lipinski definition) is 4. The monoisotopic (exact) mass is 269 g/mol. The molecule has 0 aliphatic carbocycles. The molecule has 3 rings (SSSR count). The number of nitrogens with zero attached hydrogens (tertiary/aromatic N) is 1. The molecule has 1 atom stereocenters. The van der Waals surface area contributed by atoms with Gasteiger partial charge < -0.3 is 10.1 Å². The topological polar surface area (TPSA) is 76.1 Å². The summed E-state index contributed by atoms with van der Waals surface area (Å²) in [5, 5.41) is 2.76. The molecule has 2 aliphatic heterocycles. The summed E-state index contributed by atoms with van der Waals surface area (Å²) in [5.41, 5.74) is -0.467. The van der Waals surface area contributed by atoms with E-state index in [0.717, 1.165) is 0 Å². The maximum atomic E-state index is 13.4. The van der Waals surface area contributed by atoms with Crippen LogP contribution in [0.2, 0.25) is 0 Å². The van der Waals surface area contributed by atoms with E-state index in [1.165, 1.54) is 4.57 Å². The molecule has 1 aromatic heterocycles. The number of rotatable bonds is 1. The number of alkyl halides is 1. The molecular formula is C12H16FN3O3. The van der Waals surface area contributed by atoms with E-state index in [1.54, 1.807) is 0 Å². The van der Waals surface area contributed by atoms with Gasteiger partial charge in [0, 0.05) is 32.2 Å². The maximum absolute atomic E-state index is 13.4. The number of nitrogens with one attached hydrogen (secondary N) is 2. The highest BCUT2D eigenvalue weighted by Gasteiger charge is 2.26. The maximum Gasteiger partial charge on any atom is 0.330 e. The van der Waals surface area contributed by atoms with E-state index < -0.39 is 11.9 Å². The van der Waals surface area contributed by atoms with Crippen molar-refractivity contribution >= 4 is 5.82 Å². The second kappa shape index (κ2) is 4.80. The third kappa shape index (κ3) is 2.18. The average molecular weight is 269 g/mol. The van der Waals surface area contributed by atoms with Gasteiger partial charge in [-0.3, -0.25) is 14.3 Å². The lowest BCUT2D eigenvalue weighted by molar-refractivity contribution is 0.0673. The van der Waals surface area contributed by atoms with Crippen molar-refractivity contribution in [1.82, 2.24) is 9.55 Å². The second-order valence-electron chi connectivity index (χ2n) is 4.98. The molecule has 0 saturated carbocycles. The van der Waals surface area contributed by atoms with Gasteiger partial charge in [-0.05, 0) is 12.8 Å². The van der Waals surface area contributed by atoms with E-state index >= 15 is 0 Å². The van der Waals surface area contributed by atoms with Gasteiger partial charge in [-0.25, -0.2) is 9.18 Å². The standard InChI is InChI=1S/C12H16FN3O3/c13-7-5-9-10(14-6-7)15-12(18)16(11(9)17)8-1-3-19-4-2-8/h7-8,14H,1-6H2,(H,15,18). The Morgan fingerprint density at radius 2 is 2.00 bits per heavy atom. The molecule has 2 aliphatic rings. The molecule has 1 aromatic rings. The molecule has 1 unspecified atom stereocenters. The molecule has 104 valence electrons. The van der Waals surface area contributed by atoms with Gasteiger partial charge in [0.1, 0.15) is 12.0 Å². The normalized spacial score (nSPS) is 23.7. The Bertz CT molecular complexity index is 589. The number of anilines is 1. The van der Waals surface area contributed by atoms with E-state index in [-0.39, 0.29) is 24.6 Å². The van der Waals surface area contributed by atoms with Gasteiger partial charge in [0.2, 0.25) is 0 Å². The summed E-state index contributed by atoms with van der Waals surface area (Å²) in [4.78, 5) is 27.0. The Kier molecular flexibility index (Phi) is 3.14. The van der Waals surface area contributed by atoms with Crippen molar-refractivity contribution < 1.29 is 9.13 Å². The number of ether oxygens (including phenoxy) is 1. The van der Waals surface area contributed by atoms with Crippen molar-refractivity contribution in [2.75, 3.05) is 25.1 Å². The molecule has 3 heterocycles. The zero-order valence-corrected chi connectivity index (χ0v) is 10.4. The van der Waals surface area contributed by atoms with Crippen LogP contribution >= 0.6 is 0 Å². The van der Waals surface area contributed by atoms with Gasteiger partial charge in [0.25, 0.3) is 5.56 Å². The fourth-order valence-electron chi connectivity index (χ4n) is 2.71. The summed E-state index contributed by atoms with van der Waals surface area (Å²) in [6.07, 6.45) is 0.234. The minimum atomic E-state index is -1.09. The second-order valence-corrected chi connectivity index (χ2v) is 4.98. The molecule has 2 N–H and O–H groups in total. The highest BCUT2D eigenvalue weighted by atomic mass is 19.1. The molecule has 19 heavy (non-hydrogen) atoms. The van der Waals surface area contributed by atoms with E-state index in [0.29, 0.717) is 37.4 Å². The number of aromatic amines is 1. The highest BCUT2D eigenvalue weighted by Crippen LogP contribution is 2.20. The quantitative estimate of drug-likeness (QED) is 0.763. The van der Waals surface area contributed by atoms with Crippen LogP contribution in [0.1, 0.15) is 24.4 Å². The molecule has 0 bridgehead atoms. The number of aromatic nitrogens is 2. The van der Waals surface area contributed by atoms with Gasteiger partial charge in [-0.2, -0.15) is 0 Å². The molecule has 6 nitrogen and oxygen atoms in total.